The van der Waals surface area contributed by atoms with Crippen LogP contribution in [0.1, 0.15) is 24.0 Å². The second-order valence-corrected chi connectivity index (χ2v) is 6.95. The van der Waals surface area contributed by atoms with Crippen LogP contribution in [0, 0.1) is 11.7 Å². The second-order valence-electron chi connectivity index (χ2n) is 6.95. The van der Waals surface area contributed by atoms with Crippen LogP contribution in [0.25, 0.3) is 0 Å². The van der Waals surface area contributed by atoms with Crippen LogP contribution in [-0.4, -0.2) is 35.9 Å². The number of carbonyl (C=O) groups excluding carboxylic acids is 1. The SMILES string of the molecule is CN(Cc1ccccc1F)C(=O)C1CCN(c2ccc(C(F)(F)F)cn2)CC1. The number of anilines is 1. The van der Waals surface area contributed by atoms with Gasteiger partial charge >= 0.3 is 6.18 Å². The van der Waals surface area contributed by atoms with Crippen molar-refractivity contribution in [2.24, 2.45) is 5.92 Å². The molecule has 1 aromatic heterocycles. The molecular formula is C20H21F4N3O. The molecule has 0 unspecified atom stereocenters. The molecule has 0 bridgehead atoms. The fourth-order valence-corrected chi connectivity index (χ4v) is 3.37. The Labute approximate surface area is 160 Å². The molecule has 4 nitrogen and oxygen atoms in total. The third-order valence-corrected chi connectivity index (χ3v) is 4.98. The van der Waals surface area contributed by atoms with E-state index in [2.05, 4.69) is 4.98 Å². The Kier molecular flexibility index (Phi) is 5.86. The molecule has 150 valence electrons. The zero-order valence-electron chi connectivity index (χ0n) is 15.4. The van der Waals surface area contributed by atoms with Crippen LogP contribution < -0.4 is 4.90 Å². The van der Waals surface area contributed by atoms with E-state index in [1.54, 1.807) is 25.2 Å². The van der Waals surface area contributed by atoms with E-state index in [1.165, 1.54) is 17.0 Å². The van der Waals surface area contributed by atoms with Gasteiger partial charge in [-0.3, -0.25) is 4.79 Å². The Balaban J connectivity index is 1.56. The monoisotopic (exact) mass is 395 g/mol. The summed E-state index contributed by atoms with van der Waals surface area (Å²) in [6, 6.07) is 8.72. The van der Waals surface area contributed by atoms with Crippen molar-refractivity contribution in [3.05, 3.63) is 59.5 Å². The lowest BCUT2D eigenvalue weighted by molar-refractivity contribution is -0.138. The van der Waals surface area contributed by atoms with Gasteiger partial charge in [-0.2, -0.15) is 13.2 Å². The van der Waals surface area contributed by atoms with Gasteiger partial charge in [0.25, 0.3) is 0 Å². The largest absolute Gasteiger partial charge is 0.417 e. The third-order valence-electron chi connectivity index (χ3n) is 4.98. The minimum atomic E-state index is -4.41. The molecule has 1 fully saturated rings. The van der Waals surface area contributed by atoms with Crippen molar-refractivity contribution in [3.8, 4) is 0 Å². The van der Waals surface area contributed by atoms with Crippen LogP contribution in [0.4, 0.5) is 23.4 Å². The first kappa shape index (κ1) is 20.1. The van der Waals surface area contributed by atoms with E-state index in [1.807, 2.05) is 4.90 Å². The summed E-state index contributed by atoms with van der Waals surface area (Å²) >= 11 is 0. The summed E-state index contributed by atoms with van der Waals surface area (Å²) in [6.45, 7) is 1.26. The van der Waals surface area contributed by atoms with Gasteiger partial charge in [0.05, 0.1) is 5.56 Å². The van der Waals surface area contributed by atoms with Gasteiger partial charge < -0.3 is 9.80 Å². The van der Waals surface area contributed by atoms with Gasteiger partial charge in [-0.05, 0) is 31.0 Å². The highest BCUT2D eigenvalue weighted by molar-refractivity contribution is 5.79. The minimum Gasteiger partial charge on any atom is -0.357 e. The van der Waals surface area contributed by atoms with Crippen molar-refractivity contribution in [3.63, 3.8) is 0 Å². The van der Waals surface area contributed by atoms with Gasteiger partial charge in [0, 0.05) is 44.4 Å². The molecule has 1 aliphatic heterocycles. The zero-order valence-corrected chi connectivity index (χ0v) is 15.4. The van der Waals surface area contributed by atoms with Gasteiger partial charge in [0.15, 0.2) is 0 Å². The van der Waals surface area contributed by atoms with Gasteiger partial charge in [0.1, 0.15) is 11.6 Å². The average molecular weight is 395 g/mol. The molecule has 8 heteroatoms. The Bertz CT molecular complexity index is 815. The molecule has 0 spiro atoms. The van der Waals surface area contributed by atoms with Crippen molar-refractivity contribution < 1.29 is 22.4 Å². The van der Waals surface area contributed by atoms with E-state index in [-0.39, 0.29) is 24.2 Å². The van der Waals surface area contributed by atoms with Crippen LogP contribution in [-0.2, 0) is 17.5 Å². The van der Waals surface area contributed by atoms with Gasteiger partial charge in [-0.15, -0.1) is 0 Å². The zero-order chi connectivity index (χ0) is 20.3. The number of hydrogen-bond acceptors (Lipinski definition) is 3. The fraction of sp³-hybridized carbons (Fsp3) is 0.400. The summed E-state index contributed by atoms with van der Waals surface area (Å²) in [7, 11) is 1.65. The molecule has 0 radical (unpaired) electrons. The lowest BCUT2D eigenvalue weighted by Crippen LogP contribution is -2.41. The molecule has 2 aromatic rings. The number of nitrogens with zero attached hydrogens (tertiary/aromatic N) is 3. The smallest absolute Gasteiger partial charge is 0.357 e. The predicted molar refractivity (Wildman–Crippen MR) is 97.1 cm³/mol. The van der Waals surface area contributed by atoms with Crippen molar-refractivity contribution in [1.29, 1.82) is 0 Å². The molecule has 1 amide bonds. The third kappa shape index (κ3) is 4.61. The number of rotatable bonds is 4. The molecule has 3 rings (SSSR count). The Morgan fingerprint density at radius 2 is 1.86 bits per heavy atom. The lowest BCUT2D eigenvalue weighted by Gasteiger charge is -2.34. The van der Waals surface area contributed by atoms with E-state index in [0.29, 0.717) is 37.3 Å². The number of piperidine rings is 1. The van der Waals surface area contributed by atoms with Crippen molar-refractivity contribution in [2.45, 2.75) is 25.6 Å². The summed E-state index contributed by atoms with van der Waals surface area (Å²) in [6.07, 6.45) is -2.44. The van der Waals surface area contributed by atoms with Crippen LogP contribution in [0.2, 0.25) is 0 Å². The highest BCUT2D eigenvalue weighted by Crippen LogP contribution is 2.30. The Morgan fingerprint density at radius 1 is 1.18 bits per heavy atom. The van der Waals surface area contributed by atoms with E-state index < -0.39 is 11.7 Å². The summed E-state index contributed by atoms with van der Waals surface area (Å²) in [5, 5.41) is 0. The molecule has 0 atom stereocenters. The summed E-state index contributed by atoms with van der Waals surface area (Å²) in [5.41, 5.74) is -0.319. The van der Waals surface area contributed by atoms with E-state index in [4.69, 9.17) is 0 Å². The second kappa shape index (κ2) is 8.16. The van der Waals surface area contributed by atoms with E-state index in [9.17, 15) is 22.4 Å². The first-order chi connectivity index (χ1) is 13.3. The first-order valence-corrected chi connectivity index (χ1v) is 9.02. The van der Waals surface area contributed by atoms with Crippen LogP contribution in [0.3, 0.4) is 0 Å². The van der Waals surface area contributed by atoms with Crippen molar-refractivity contribution in [2.75, 3.05) is 25.0 Å². The molecule has 1 saturated heterocycles. The number of alkyl halides is 3. The summed E-state index contributed by atoms with van der Waals surface area (Å²) in [5.74, 6) is -0.116. The van der Waals surface area contributed by atoms with Crippen LogP contribution in [0.15, 0.2) is 42.6 Å². The normalized spacial score (nSPS) is 15.5. The number of carbonyl (C=O) groups is 1. The molecule has 28 heavy (non-hydrogen) atoms. The van der Waals surface area contributed by atoms with E-state index in [0.717, 1.165) is 12.3 Å². The average Bonchev–Trinajstić information content (AvgIpc) is 2.69. The fourth-order valence-electron chi connectivity index (χ4n) is 3.37. The molecular weight excluding hydrogens is 374 g/mol. The highest BCUT2D eigenvalue weighted by Gasteiger charge is 2.32. The molecule has 0 aliphatic carbocycles. The van der Waals surface area contributed by atoms with Gasteiger partial charge in [0.2, 0.25) is 5.91 Å². The minimum absolute atomic E-state index is 0.0525. The molecule has 0 N–H and O–H groups in total. The van der Waals surface area contributed by atoms with Gasteiger partial charge in [-0.25, -0.2) is 9.37 Å². The van der Waals surface area contributed by atoms with Crippen LogP contribution >= 0.6 is 0 Å². The highest BCUT2D eigenvalue weighted by atomic mass is 19.4. The number of pyridine rings is 1. The molecule has 0 saturated carbocycles. The van der Waals surface area contributed by atoms with Crippen LogP contribution in [0.5, 0.6) is 0 Å². The topological polar surface area (TPSA) is 36.4 Å². The number of hydrogen-bond donors (Lipinski definition) is 0. The van der Waals surface area contributed by atoms with Gasteiger partial charge in [-0.1, -0.05) is 18.2 Å². The molecule has 2 heterocycles. The Hall–Kier alpha value is -2.64. The maximum Gasteiger partial charge on any atom is 0.417 e. The number of benzene rings is 1. The Morgan fingerprint density at radius 3 is 2.43 bits per heavy atom. The van der Waals surface area contributed by atoms with Crippen molar-refractivity contribution in [1.82, 2.24) is 9.88 Å². The molecule has 1 aliphatic rings. The summed E-state index contributed by atoms with van der Waals surface area (Å²) in [4.78, 5) is 20.0. The number of amides is 1. The number of aromatic nitrogens is 1. The maximum atomic E-state index is 13.8. The van der Waals surface area contributed by atoms with E-state index >= 15 is 0 Å². The predicted octanol–water partition coefficient (Wildman–Crippen LogP) is 4.11. The van der Waals surface area contributed by atoms with Crippen molar-refractivity contribution >= 4 is 11.7 Å². The number of halogens is 4. The standard InChI is InChI=1S/C20H21F4N3O/c1-26(13-15-4-2-3-5-17(15)21)19(28)14-8-10-27(11-9-14)18-7-6-16(12-25-18)20(22,23)24/h2-7,12,14H,8-11,13H2,1H3. The quantitative estimate of drug-likeness (QED) is 0.731. The molecule has 1 aromatic carbocycles. The lowest BCUT2D eigenvalue weighted by atomic mass is 9.95. The first-order valence-electron chi connectivity index (χ1n) is 9.02. The summed E-state index contributed by atoms with van der Waals surface area (Å²) < 4.78 is 51.7. The maximum absolute atomic E-state index is 13.8.